The van der Waals surface area contributed by atoms with E-state index in [9.17, 15) is 29.7 Å². The summed E-state index contributed by atoms with van der Waals surface area (Å²) in [6.07, 6.45) is 4.42. The Labute approximate surface area is 298 Å². The van der Waals surface area contributed by atoms with Gasteiger partial charge in [-0.25, -0.2) is 9.78 Å². The van der Waals surface area contributed by atoms with Gasteiger partial charge in [0.05, 0.1) is 40.7 Å². The highest BCUT2D eigenvalue weighted by molar-refractivity contribution is 6.02. The number of aryl methyl sites for hydroxylation is 2. The summed E-state index contributed by atoms with van der Waals surface area (Å²) in [5, 5.41) is 30.3. The Morgan fingerprint density at radius 1 is 0.882 bits per heavy atom. The SMILES string of the molecule is CCCCCCOC(C)c1c(C)c2cc3nc(c(CC(=O)O)c4[nH]c(cc5nc(cc1[nH]2)C(C)=C5CC)c(C)c4C(=O)O)[C@@H](CCC(=O)O)[C@@H]3C. The van der Waals surface area contributed by atoms with Crippen LogP contribution in [0.5, 0.6) is 0 Å². The molecule has 0 saturated carbocycles. The molecular formula is C40H50N4O7. The van der Waals surface area contributed by atoms with Crippen LogP contribution in [0, 0.1) is 13.8 Å². The van der Waals surface area contributed by atoms with Crippen LogP contribution in [-0.2, 0) is 20.7 Å². The van der Waals surface area contributed by atoms with Gasteiger partial charge in [-0.15, -0.1) is 0 Å². The fraction of sp³-hybridized carbons (Fsp3) is 0.475. The van der Waals surface area contributed by atoms with E-state index in [-0.39, 0.29) is 41.5 Å². The Morgan fingerprint density at radius 2 is 1.59 bits per heavy atom. The molecule has 0 radical (unpaired) electrons. The van der Waals surface area contributed by atoms with E-state index in [2.05, 4.69) is 36.8 Å². The third-order valence-electron chi connectivity index (χ3n) is 10.5. The first-order valence-electron chi connectivity index (χ1n) is 18.0. The lowest BCUT2D eigenvalue weighted by atomic mass is 9.85. The van der Waals surface area contributed by atoms with Gasteiger partial charge >= 0.3 is 17.9 Å². The molecule has 1 unspecified atom stereocenters. The van der Waals surface area contributed by atoms with E-state index < -0.39 is 30.2 Å². The van der Waals surface area contributed by atoms with Crippen LogP contribution in [0.3, 0.4) is 0 Å². The van der Waals surface area contributed by atoms with Crippen molar-refractivity contribution in [2.75, 3.05) is 6.61 Å². The number of unbranched alkanes of at least 4 members (excludes halogenated alkanes) is 3. The van der Waals surface area contributed by atoms with Crippen molar-refractivity contribution in [2.24, 2.45) is 0 Å². The molecule has 2 aliphatic rings. The topological polar surface area (TPSA) is 178 Å². The summed E-state index contributed by atoms with van der Waals surface area (Å²) >= 11 is 0. The maximum absolute atomic E-state index is 12.8. The second-order valence-electron chi connectivity index (χ2n) is 13.9. The standard InChI is InChI=1S/C40H50N4O7/c1-8-10-11-12-15-51-24(7)36-22(5)30-17-29-21(4)26(13-14-34(45)46)38(43-29)27(16-35(47)48)39-37(40(49)50)23(6)31(44-39)18-32-25(9-2)20(3)28(41-32)19-33(36)42-30/h17-19,21,24,26,42,44H,8-16H2,1-7H3,(H,45,46)(H,47,48)(H,49,50)/t21-,24?,26-/m0/s1. The van der Waals surface area contributed by atoms with Crippen molar-refractivity contribution in [1.82, 2.24) is 19.9 Å². The number of carboxylic acids is 3. The monoisotopic (exact) mass is 698 g/mol. The quantitative estimate of drug-likeness (QED) is 0.103. The summed E-state index contributed by atoms with van der Waals surface area (Å²) in [5.41, 5.74) is 9.51. The zero-order chi connectivity index (χ0) is 37.1. The number of hydrogen-bond donors (Lipinski definition) is 5. The third kappa shape index (κ3) is 7.63. The average Bonchev–Trinajstić information content (AvgIpc) is 3.75. The summed E-state index contributed by atoms with van der Waals surface area (Å²) < 4.78 is 6.40. The Bertz CT molecular complexity index is 2050. The number of carbonyl (C=O) groups is 3. The molecule has 8 bridgehead atoms. The summed E-state index contributed by atoms with van der Waals surface area (Å²) in [4.78, 5) is 54.0. The van der Waals surface area contributed by atoms with Gasteiger partial charge in [0, 0.05) is 58.2 Å². The Hall–Kier alpha value is -4.77. The van der Waals surface area contributed by atoms with E-state index in [1.807, 2.05) is 32.9 Å². The van der Waals surface area contributed by atoms with Gasteiger partial charge in [0.15, 0.2) is 0 Å². The first-order valence-corrected chi connectivity index (χ1v) is 18.0. The maximum atomic E-state index is 12.8. The van der Waals surface area contributed by atoms with Crippen LogP contribution in [0.4, 0.5) is 0 Å². The van der Waals surface area contributed by atoms with Crippen molar-refractivity contribution in [3.05, 3.63) is 68.8 Å². The van der Waals surface area contributed by atoms with Crippen molar-refractivity contribution in [3.8, 4) is 0 Å². The van der Waals surface area contributed by atoms with Crippen molar-refractivity contribution in [2.45, 2.75) is 118 Å². The van der Waals surface area contributed by atoms with Gasteiger partial charge in [-0.2, -0.15) is 0 Å². The lowest BCUT2D eigenvalue weighted by molar-refractivity contribution is -0.138. The fourth-order valence-electron chi connectivity index (χ4n) is 7.66. The molecule has 0 amide bonds. The Balaban J connectivity index is 1.92. The van der Waals surface area contributed by atoms with Gasteiger partial charge < -0.3 is 30.0 Å². The Kier molecular flexibility index (Phi) is 11.5. The van der Waals surface area contributed by atoms with Crippen molar-refractivity contribution >= 4 is 51.1 Å². The number of aromatic carboxylic acids is 1. The number of carboxylic acid groups (broad SMARTS) is 3. The van der Waals surface area contributed by atoms with Crippen LogP contribution in [0.1, 0.15) is 153 Å². The summed E-state index contributed by atoms with van der Waals surface area (Å²) in [6.45, 7) is 14.7. The van der Waals surface area contributed by atoms with Crippen LogP contribution in [0.25, 0.3) is 33.2 Å². The molecule has 2 aliphatic heterocycles. The third-order valence-corrected chi connectivity index (χ3v) is 10.5. The van der Waals surface area contributed by atoms with Gasteiger partial charge in [-0.3, -0.25) is 14.6 Å². The minimum atomic E-state index is -1.21. The Morgan fingerprint density at radius 3 is 2.24 bits per heavy atom. The first-order chi connectivity index (χ1) is 24.3. The van der Waals surface area contributed by atoms with Crippen LogP contribution in [0.15, 0.2) is 18.2 Å². The molecule has 3 atom stereocenters. The molecule has 0 fully saturated rings. The van der Waals surface area contributed by atoms with Gasteiger partial charge in [-0.05, 0) is 87.4 Å². The maximum Gasteiger partial charge on any atom is 0.338 e. The number of aromatic amines is 2. The molecule has 5 N–H and O–H groups in total. The summed E-state index contributed by atoms with van der Waals surface area (Å²) in [6, 6.07) is 5.83. The number of fused-ring (bicyclic) bond motifs is 8. The number of aliphatic carboxylic acids is 2. The molecule has 272 valence electrons. The second-order valence-corrected chi connectivity index (χ2v) is 13.9. The molecule has 0 aromatic carbocycles. The molecule has 11 nitrogen and oxygen atoms in total. The molecule has 3 aromatic rings. The van der Waals surface area contributed by atoms with E-state index in [4.69, 9.17) is 14.7 Å². The highest BCUT2D eigenvalue weighted by Crippen LogP contribution is 2.43. The second kappa shape index (κ2) is 15.6. The normalized spacial score (nSPS) is 16.5. The highest BCUT2D eigenvalue weighted by Gasteiger charge is 2.33. The number of aromatic nitrogens is 4. The number of rotatable bonds is 14. The number of hydrogen-bond acceptors (Lipinski definition) is 6. The molecular weight excluding hydrogens is 648 g/mol. The average molecular weight is 699 g/mol. The number of allylic oxidation sites excluding steroid dienone is 2. The van der Waals surface area contributed by atoms with Crippen molar-refractivity contribution in [3.63, 3.8) is 0 Å². The van der Waals surface area contributed by atoms with E-state index in [0.717, 1.165) is 58.3 Å². The van der Waals surface area contributed by atoms with E-state index in [1.165, 1.54) is 6.42 Å². The minimum Gasteiger partial charge on any atom is -0.481 e. The van der Waals surface area contributed by atoms with Gasteiger partial charge in [0.25, 0.3) is 0 Å². The number of nitrogens with zero attached hydrogens (tertiary/aromatic N) is 2. The van der Waals surface area contributed by atoms with Gasteiger partial charge in [0.2, 0.25) is 0 Å². The van der Waals surface area contributed by atoms with E-state index in [0.29, 0.717) is 41.2 Å². The number of H-pyrrole nitrogens is 2. The molecule has 0 aliphatic carbocycles. The van der Waals surface area contributed by atoms with E-state index in [1.54, 1.807) is 6.92 Å². The zero-order valence-electron chi connectivity index (χ0n) is 30.7. The number of ether oxygens (including phenoxy) is 1. The molecule has 11 heteroatoms. The fourth-order valence-corrected chi connectivity index (χ4v) is 7.66. The molecule has 3 aromatic heterocycles. The molecule has 51 heavy (non-hydrogen) atoms. The number of nitrogens with one attached hydrogen (secondary N) is 2. The van der Waals surface area contributed by atoms with Crippen LogP contribution in [0.2, 0.25) is 0 Å². The minimum absolute atomic E-state index is 0.0440. The smallest absolute Gasteiger partial charge is 0.338 e. The molecule has 5 heterocycles. The first kappa shape index (κ1) is 37.5. The van der Waals surface area contributed by atoms with Crippen molar-refractivity contribution in [1.29, 1.82) is 0 Å². The lowest BCUT2D eigenvalue weighted by Crippen LogP contribution is -2.11. The van der Waals surface area contributed by atoms with E-state index >= 15 is 0 Å². The molecule has 5 rings (SSSR count). The molecule has 0 saturated heterocycles. The summed E-state index contributed by atoms with van der Waals surface area (Å²) in [7, 11) is 0. The lowest BCUT2D eigenvalue weighted by Gasteiger charge is -2.17. The zero-order valence-corrected chi connectivity index (χ0v) is 30.7. The highest BCUT2D eigenvalue weighted by atomic mass is 16.5. The van der Waals surface area contributed by atoms with Gasteiger partial charge in [0.1, 0.15) is 0 Å². The largest absolute Gasteiger partial charge is 0.481 e. The predicted molar refractivity (Wildman–Crippen MR) is 198 cm³/mol. The summed E-state index contributed by atoms with van der Waals surface area (Å²) in [5.74, 6) is -4.09. The van der Waals surface area contributed by atoms with Crippen LogP contribution >= 0.6 is 0 Å². The van der Waals surface area contributed by atoms with Crippen LogP contribution < -0.4 is 0 Å². The van der Waals surface area contributed by atoms with Gasteiger partial charge in [-0.1, -0.05) is 40.0 Å². The predicted octanol–water partition coefficient (Wildman–Crippen LogP) is 9.01. The molecule has 0 spiro atoms. The van der Waals surface area contributed by atoms with Crippen molar-refractivity contribution < 1.29 is 34.4 Å². The van der Waals surface area contributed by atoms with Crippen LogP contribution in [-0.4, -0.2) is 59.8 Å².